The largest absolute Gasteiger partial charge is 0.266 e. The summed E-state index contributed by atoms with van der Waals surface area (Å²) in [7, 11) is 0. The van der Waals surface area contributed by atoms with Crippen molar-refractivity contribution < 1.29 is 34.6 Å². The number of rotatable bonds is 1. The predicted octanol–water partition coefficient (Wildman–Crippen LogP) is 3.98. The molecule has 0 unspecified atom stereocenters. The van der Waals surface area contributed by atoms with Crippen molar-refractivity contribution in [2.75, 3.05) is 0 Å². The smallest absolute Gasteiger partial charge is 0.0445 e. The third-order valence-electron chi connectivity index (χ3n) is 2.72. The number of pyridine rings is 1. The standard InChI is InChI=1S/C15H8F2N.Hf/c16-12-7-11(8-13(17)9-12)14-5-1-3-10-4-2-6-18-15(10)14;/h1-7,9H;/q-1;. The maximum atomic E-state index is 13.2. The quantitative estimate of drug-likeness (QED) is 0.430. The van der Waals surface area contributed by atoms with Gasteiger partial charge in [0.15, 0.2) is 0 Å². The fourth-order valence-electron chi connectivity index (χ4n) is 1.97. The van der Waals surface area contributed by atoms with Crippen LogP contribution in [0.1, 0.15) is 0 Å². The summed E-state index contributed by atoms with van der Waals surface area (Å²) in [5, 5.41) is 0.924. The number of aromatic nitrogens is 1. The van der Waals surface area contributed by atoms with Gasteiger partial charge in [0.25, 0.3) is 0 Å². The average Bonchev–Trinajstić information content (AvgIpc) is 2.37. The van der Waals surface area contributed by atoms with Gasteiger partial charge in [0.2, 0.25) is 0 Å². The first kappa shape index (κ1) is 14.0. The van der Waals surface area contributed by atoms with Gasteiger partial charge in [-0.2, -0.15) is 0 Å². The molecule has 0 bridgehead atoms. The van der Waals surface area contributed by atoms with Crippen LogP contribution in [-0.4, -0.2) is 4.98 Å². The summed E-state index contributed by atoms with van der Waals surface area (Å²) in [4.78, 5) is 4.25. The van der Waals surface area contributed by atoms with Gasteiger partial charge in [0, 0.05) is 49.2 Å². The van der Waals surface area contributed by atoms with Crippen molar-refractivity contribution >= 4 is 10.9 Å². The molecule has 0 amide bonds. The Hall–Kier alpha value is -1.42. The Labute approximate surface area is 128 Å². The van der Waals surface area contributed by atoms with Crippen molar-refractivity contribution in [1.29, 1.82) is 0 Å². The Morgan fingerprint density at radius 2 is 1.79 bits per heavy atom. The number of halogens is 2. The zero-order valence-electron chi connectivity index (χ0n) is 9.82. The number of fused-ring (bicyclic) bond motifs is 1. The molecular formula is C15H8F2HfN-. The van der Waals surface area contributed by atoms with Gasteiger partial charge in [-0.15, -0.1) is 17.7 Å². The van der Waals surface area contributed by atoms with Crippen LogP contribution < -0.4 is 0 Å². The molecule has 0 saturated heterocycles. The third-order valence-corrected chi connectivity index (χ3v) is 2.72. The second-order valence-electron chi connectivity index (χ2n) is 3.94. The molecule has 4 heteroatoms. The molecule has 0 aliphatic carbocycles. The van der Waals surface area contributed by atoms with Crippen LogP contribution in [0, 0.1) is 17.7 Å². The molecule has 19 heavy (non-hydrogen) atoms. The topological polar surface area (TPSA) is 12.9 Å². The SMILES string of the molecule is Fc1[c-]c(-c2cccc3cccnc23)cc(F)c1.[Hf]. The van der Waals surface area contributed by atoms with Crippen LogP contribution in [0.5, 0.6) is 0 Å². The molecule has 3 rings (SSSR count). The number of hydrogen-bond donors (Lipinski definition) is 0. The van der Waals surface area contributed by atoms with Crippen LogP contribution in [0.15, 0.2) is 48.7 Å². The zero-order chi connectivity index (χ0) is 12.5. The summed E-state index contributed by atoms with van der Waals surface area (Å²) in [6, 6.07) is 13.8. The van der Waals surface area contributed by atoms with E-state index >= 15 is 0 Å². The van der Waals surface area contributed by atoms with Gasteiger partial charge in [-0.25, -0.2) is 8.78 Å². The Morgan fingerprint density at radius 3 is 2.58 bits per heavy atom. The maximum Gasteiger partial charge on any atom is 0.0445 e. The van der Waals surface area contributed by atoms with Gasteiger partial charge in [0.05, 0.1) is 0 Å². The van der Waals surface area contributed by atoms with Crippen molar-refractivity contribution in [3.63, 3.8) is 0 Å². The summed E-state index contributed by atoms with van der Waals surface area (Å²) in [6.07, 6.45) is 1.65. The Balaban J connectivity index is 0.00000133. The van der Waals surface area contributed by atoms with Crippen molar-refractivity contribution in [3.8, 4) is 11.1 Å². The van der Waals surface area contributed by atoms with Crippen molar-refractivity contribution in [2.24, 2.45) is 0 Å². The molecule has 1 nitrogen and oxygen atoms in total. The van der Waals surface area contributed by atoms with E-state index in [4.69, 9.17) is 0 Å². The molecule has 0 aliphatic rings. The van der Waals surface area contributed by atoms with E-state index in [1.54, 1.807) is 12.3 Å². The maximum absolute atomic E-state index is 13.2. The molecule has 1 aromatic heterocycles. The predicted molar refractivity (Wildman–Crippen MR) is 65.9 cm³/mol. The summed E-state index contributed by atoms with van der Waals surface area (Å²) in [6.45, 7) is 0. The minimum absolute atomic E-state index is 0. The zero-order valence-corrected chi connectivity index (χ0v) is 13.4. The van der Waals surface area contributed by atoms with E-state index in [-0.39, 0.29) is 25.8 Å². The van der Waals surface area contributed by atoms with E-state index in [1.807, 2.05) is 24.3 Å². The molecule has 0 aliphatic heterocycles. The van der Waals surface area contributed by atoms with Gasteiger partial charge < -0.3 is 0 Å². The number of benzene rings is 2. The monoisotopic (exact) mass is 420 g/mol. The first-order valence-corrected chi connectivity index (χ1v) is 5.46. The van der Waals surface area contributed by atoms with E-state index in [1.165, 1.54) is 6.07 Å². The third kappa shape index (κ3) is 2.78. The Kier molecular flexibility index (Phi) is 4.20. The van der Waals surface area contributed by atoms with Gasteiger partial charge in [-0.3, -0.25) is 4.98 Å². The summed E-state index contributed by atoms with van der Waals surface area (Å²) >= 11 is 0. The molecule has 3 aromatic rings. The fraction of sp³-hybridized carbons (Fsp3) is 0. The molecule has 92 valence electrons. The Bertz CT molecular complexity index is 703. The minimum atomic E-state index is -0.710. The molecule has 0 spiro atoms. The molecule has 1 heterocycles. The molecule has 0 fully saturated rings. The number of hydrogen-bond acceptors (Lipinski definition) is 1. The van der Waals surface area contributed by atoms with Crippen LogP contribution >= 0.6 is 0 Å². The number of para-hydroxylation sites is 1. The van der Waals surface area contributed by atoms with E-state index in [0.29, 0.717) is 16.6 Å². The minimum Gasteiger partial charge on any atom is -0.266 e. The van der Waals surface area contributed by atoms with Crippen molar-refractivity contribution in [2.45, 2.75) is 0 Å². The molecule has 2 aromatic carbocycles. The normalized spacial score (nSPS) is 10.2. The summed E-state index contributed by atoms with van der Waals surface area (Å²) in [5.41, 5.74) is 1.75. The molecule has 0 radical (unpaired) electrons. The Morgan fingerprint density at radius 1 is 1.00 bits per heavy atom. The molecule has 0 N–H and O–H groups in total. The van der Waals surface area contributed by atoms with Crippen molar-refractivity contribution in [3.05, 3.63) is 66.4 Å². The van der Waals surface area contributed by atoms with E-state index < -0.39 is 11.6 Å². The van der Waals surface area contributed by atoms with Crippen LogP contribution in [0.25, 0.3) is 22.0 Å². The van der Waals surface area contributed by atoms with E-state index in [9.17, 15) is 8.78 Å². The van der Waals surface area contributed by atoms with Gasteiger partial charge in [-0.1, -0.05) is 35.9 Å². The molecule has 0 atom stereocenters. The second-order valence-corrected chi connectivity index (χ2v) is 3.94. The summed E-state index contributed by atoms with van der Waals surface area (Å²) < 4.78 is 26.4. The van der Waals surface area contributed by atoms with Crippen LogP contribution in [-0.2, 0) is 25.8 Å². The molecule has 0 saturated carbocycles. The first-order valence-electron chi connectivity index (χ1n) is 5.46. The van der Waals surface area contributed by atoms with Crippen molar-refractivity contribution in [1.82, 2.24) is 4.98 Å². The van der Waals surface area contributed by atoms with E-state index in [2.05, 4.69) is 11.1 Å². The van der Waals surface area contributed by atoms with E-state index in [0.717, 1.165) is 11.5 Å². The second kappa shape index (κ2) is 5.70. The first-order chi connectivity index (χ1) is 8.74. The fourth-order valence-corrected chi connectivity index (χ4v) is 1.97. The summed E-state index contributed by atoms with van der Waals surface area (Å²) in [5.74, 6) is -1.33. The average molecular weight is 419 g/mol. The molecular weight excluding hydrogens is 411 g/mol. The number of nitrogens with zero attached hydrogens (tertiary/aromatic N) is 1. The van der Waals surface area contributed by atoms with Gasteiger partial charge >= 0.3 is 0 Å². The van der Waals surface area contributed by atoms with Crippen LogP contribution in [0.4, 0.5) is 8.78 Å². The van der Waals surface area contributed by atoms with Crippen LogP contribution in [0.2, 0.25) is 0 Å². The van der Waals surface area contributed by atoms with Crippen LogP contribution in [0.3, 0.4) is 0 Å². The van der Waals surface area contributed by atoms with Gasteiger partial charge in [0.1, 0.15) is 0 Å². The van der Waals surface area contributed by atoms with Gasteiger partial charge in [-0.05, 0) is 11.5 Å².